The number of ether oxygens (including phenoxy) is 2. The van der Waals surface area contributed by atoms with Crippen LogP contribution in [0, 0.1) is 5.92 Å². The van der Waals surface area contributed by atoms with Crippen LogP contribution in [0.5, 0.6) is 0 Å². The molecule has 160 valence electrons. The molecule has 0 aromatic heterocycles. The molecule has 0 radical (unpaired) electrons. The van der Waals surface area contributed by atoms with Gasteiger partial charge in [0.2, 0.25) is 5.91 Å². The first-order valence-electron chi connectivity index (χ1n) is 9.94. The summed E-state index contributed by atoms with van der Waals surface area (Å²) in [5.41, 5.74) is 0.835. The van der Waals surface area contributed by atoms with Crippen LogP contribution < -0.4 is 5.32 Å². The normalized spacial score (nSPS) is 12.1. The Kier molecular flexibility index (Phi) is 8.74. The fraction of sp³-hybridized carbons (Fsp3) is 0.375. The molecule has 1 N–H and O–H groups in total. The summed E-state index contributed by atoms with van der Waals surface area (Å²) in [7, 11) is 0. The van der Waals surface area contributed by atoms with Crippen molar-refractivity contribution in [3.8, 4) is 0 Å². The number of carbonyl (C=O) groups excluding carboxylic acids is 3. The second-order valence-electron chi connectivity index (χ2n) is 8.00. The number of amides is 1. The van der Waals surface area contributed by atoms with E-state index < -0.39 is 23.4 Å². The van der Waals surface area contributed by atoms with Crippen LogP contribution in [0.3, 0.4) is 0 Å². The monoisotopic (exact) mass is 411 g/mol. The standard InChI is InChI=1S/C24H29NO5/c1-24(2,3)30-22(27)14-20(17-29-16-18-10-6-4-7-11-18)23(28)25-15-21(26)19-12-8-5-9-13-19/h4-13,20H,14-17H2,1-3H3,(H,25,28)/t20-/m0/s1. The van der Waals surface area contributed by atoms with Crippen molar-refractivity contribution in [3.05, 3.63) is 71.8 Å². The third kappa shape index (κ3) is 8.57. The molecule has 0 heterocycles. The molecule has 0 saturated heterocycles. The van der Waals surface area contributed by atoms with Gasteiger partial charge in [0.15, 0.2) is 5.78 Å². The highest BCUT2D eigenvalue weighted by atomic mass is 16.6. The Hall–Kier alpha value is -2.99. The van der Waals surface area contributed by atoms with Gasteiger partial charge < -0.3 is 14.8 Å². The second-order valence-corrected chi connectivity index (χ2v) is 8.00. The Morgan fingerprint density at radius 2 is 1.53 bits per heavy atom. The molecule has 1 amide bonds. The SMILES string of the molecule is CC(C)(C)OC(=O)C[C@@H](COCc1ccccc1)C(=O)NCC(=O)c1ccccc1. The van der Waals surface area contributed by atoms with Gasteiger partial charge in [0.05, 0.1) is 32.1 Å². The number of nitrogens with one attached hydrogen (secondary N) is 1. The fourth-order valence-electron chi connectivity index (χ4n) is 2.74. The first kappa shape index (κ1) is 23.3. The molecule has 0 aliphatic rings. The van der Waals surface area contributed by atoms with Crippen LogP contribution >= 0.6 is 0 Å². The lowest BCUT2D eigenvalue weighted by Gasteiger charge is -2.22. The highest BCUT2D eigenvalue weighted by Crippen LogP contribution is 2.14. The van der Waals surface area contributed by atoms with Gasteiger partial charge in [-0.15, -0.1) is 0 Å². The average molecular weight is 411 g/mol. The zero-order valence-electron chi connectivity index (χ0n) is 17.7. The fourth-order valence-corrected chi connectivity index (χ4v) is 2.74. The number of hydrogen-bond acceptors (Lipinski definition) is 5. The van der Waals surface area contributed by atoms with Gasteiger partial charge >= 0.3 is 5.97 Å². The lowest BCUT2D eigenvalue weighted by Crippen LogP contribution is -2.38. The van der Waals surface area contributed by atoms with E-state index in [1.807, 2.05) is 36.4 Å². The van der Waals surface area contributed by atoms with Crippen molar-refractivity contribution in [2.24, 2.45) is 5.92 Å². The van der Waals surface area contributed by atoms with Crippen molar-refractivity contribution in [1.29, 1.82) is 0 Å². The molecule has 0 spiro atoms. The largest absolute Gasteiger partial charge is 0.460 e. The van der Waals surface area contributed by atoms with Crippen molar-refractivity contribution in [2.45, 2.75) is 39.4 Å². The number of rotatable bonds is 10. The highest BCUT2D eigenvalue weighted by molar-refractivity contribution is 5.99. The van der Waals surface area contributed by atoms with Gasteiger partial charge in [-0.2, -0.15) is 0 Å². The summed E-state index contributed by atoms with van der Waals surface area (Å²) in [5.74, 6) is -1.86. The van der Waals surface area contributed by atoms with E-state index in [1.54, 1.807) is 45.0 Å². The summed E-state index contributed by atoms with van der Waals surface area (Å²) in [6.07, 6.45) is -0.128. The van der Waals surface area contributed by atoms with Crippen molar-refractivity contribution in [3.63, 3.8) is 0 Å². The zero-order valence-corrected chi connectivity index (χ0v) is 17.7. The van der Waals surface area contributed by atoms with Crippen LogP contribution in [0.2, 0.25) is 0 Å². The molecule has 0 unspecified atom stereocenters. The summed E-state index contributed by atoms with van der Waals surface area (Å²) in [5, 5.41) is 2.62. The predicted octanol–water partition coefficient (Wildman–Crippen LogP) is 3.55. The van der Waals surface area contributed by atoms with Crippen LogP contribution in [0.4, 0.5) is 0 Å². The van der Waals surface area contributed by atoms with Gasteiger partial charge in [0, 0.05) is 5.56 Å². The Morgan fingerprint density at radius 3 is 2.13 bits per heavy atom. The number of benzene rings is 2. The molecule has 30 heavy (non-hydrogen) atoms. The average Bonchev–Trinajstić information content (AvgIpc) is 2.71. The molecule has 1 atom stereocenters. The number of esters is 1. The van der Waals surface area contributed by atoms with Gasteiger partial charge in [-0.3, -0.25) is 14.4 Å². The van der Waals surface area contributed by atoms with Gasteiger partial charge in [-0.1, -0.05) is 60.7 Å². The third-order valence-corrected chi connectivity index (χ3v) is 4.15. The maximum Gasteiger partial charge on any atom is 0.307 e. The summed E-state index contributed by atoms with van der Waals surface area (Å²) in [6.45, 7) is 5.52. The van der Waals surface area contributed by atoms with E-state index in [2.05, 4.69) is 5.32 Å². The smallest absolute Gasteiger partial charge is 0.307 e. The van der Waals surface area contributed by atoms with E-state index in [1.165, 1.54) is 0 Å². The van der Waals surface area contributed by atoms with E-state index in [-0.39, 0.29) is 25.4 Å². The minimum absolute atomic E-state index is 0.0412. The predicted molar refractivity (Wildman–Crippen MR) is 114 cm³/mol. The zero-order chi connectivity index (χ0) is 22.0. The van der Waals surface area contributed by atoms with Gasteiger partial charge in [0.25, 0.3) is 0 Å². The molecule has 6 heteroatoms. The molecule has 2 aromatic carbocycles. The minimum Gasteiger partial charge on any atom is -0.460 e. The van der Waals surface area contributed by atoms with E-state index in [9.17, 15) is 14.4 Å². The summed E-state index contributed by atoms with van der Waals surface area (Å²) < 4.78 is 11.0. The second kappa shape index (κ2) is 11.3. The van der Waals surface area contributed by atoms with Crippen LogP contribution in [0.25, 0.3) is 0 Å². The Bertz CT molecular complexity index is 828. The molecule has 2 aromatic rings. The lowest BCUT2D eigenvalue weighted by molar-refractivity contribution is -0.158. The molecule has 2 rings (SSSR count). The topological polar surface area (TPSA) is 81.7 Å². The Morgan fingerprint density at radius 1 is 0.933 bits per heavy atom. The first-order valence-corrected chi connectivity index (χ1v) is 9.94. The van der Waals surface area contributed by atoms with Crippen LogP contribution in [-0.2, 0) is 25.7 Å². The molecular weight excluding hydrogens is 382 g/mol. The van der Waals surface area contributed by atoms with Crippen LogP contribution in [0.1, 0.15) is 43.1 Å². The van der Waals surface area contributed by atoms with Crippen molar-refractivity contribution in [1.82, 2.24) is 5.32 Å². The molecular formula is C24H29NO5. The van der Waals surface area contributed by atoms with E-state index in [0.29, 0.717) is 12.2 Å². The maximum atomic E-state index is 12.7. The van der Waals surface area contributed by atoms with Gasteiger partial charge in [-0.05, 0) is 26.3 Å². The lowest BCUT2D eigenvalue weighted by atomic mass is 10.0. The van der Waals surface area contributed by atoms with Crippen molar-refractivity contribution in [2.75, 3.05) is 13.2 Å². The Labute approximate surface area is 177 Å². The number of carbonyl (C=O) groups is 3. The van der Waals surface area contributed by atoms with Crippen molar-refractivity contribution < 1.29 is 23.9 Å². The van der Waals surface area contributed by atoms with Crippen molar-refractivity contribution >= 4 is 17.7 Å². The van der Waals surface area contributed by atoms with Crippen LogP contribution in [-0.4, -0.2) is 36.4 Å². The Balaban J connectivity index is 1.94. The van der Waals surface area contributed by atoms with Gasteiger partial charge in [0.1, 0.15) is 5.60 Å². The minimum atomic E-state index is -0.757. The highest BCUT2D eigenvalue weighted by Gasteiger charge is 2.26. The van der Waals surface area contributed by atoms with E-state index >= 15 is 0 Å². The molecule has 6 nitrogen and oxygen atoms in total. The molecule has 0 bridgehead atoms. The van der Waals surface area contributed by atoms with Gasteiger partial charge in [-0.25, -0.2) is 0 Å². The summed E-state index contributed by atoms with van der Waals surface area (Å²) in [6, 6.07) is 18.3. The number of Topliss-reactive ketones (excluding diaryl/α,β-unsaturated/α-hetero) is 1. The maximum absolute atomic E-state index is 12.7. The van der Waals surface area contributed by atoms with E-state index in [0.717, 1.165) is 5.56 Å². The number of hydrogen-bond donors (Lipinski definition) is 1. The number of ketones is 1. The van der Waals surface area contributed by atoms with Crippen LogP contribution in [0.15, 0.2) is 60.7 Å². The summed E-state index contributed by atoms with van der Waals surface area (Å²) >= 11 is 0. The molecule has 0 aliphatic carbocycles. The van der Waals surface area contributed by atoms with E-state index in [4.69, 9.17) is 9.47 Å². The molecule has 0 aliphatic heterocycles. The first-order chi connectivity index (χ1) is 14.2. The quantitative estimate of drug-likeness (QED) is 0.478. The summed E-state index contributed by atoms with van der Waals surface area (Å²) in [4.78, 5) is 37.2. The molecule has 0 saturated carbocycles. The molecule has 0 fully saturated rings. The third-order valence-electron chi connectivity index (χ3n) is 4.15.